The van der Waals surface area contributed by atoms with Crippen molar-refractivity contribution in [1.29, 1.82) is 0 Å². The van der Waals surface area contributed by atoms with Crippen LogP contribution in [0.2, 0.25) is 10.0 Å². The molecule has 134 valence electrons. The van der Waals surface area contributed by atoms with Gasteiger partial charge in [-0.15, -0.1) is 0 Å². The summed E-state index contributed by atoms with van der Waals surface area (Å²) in [7, 11) is 0. The minimum absolute atomic E-state index is 0.0751. The van der Waals surface area contributed by atoms with E-state index in [-0.39, 0.29) is 5.02 Å². The second-order valence-electron chi connectivity index (χ2n) is 5.91. The lowest BCUT2D eigenvalue weighted by Gasteiger charge is -2.14. The fraction of sp³-hybridized carbons (Fsp3) is 0.158. The van der Waals surface area contributed by atoms with Gasteiger partial charge in [0.15, 0.2) is 0 Å². The third-order valence-corrected chi connectivity index (χ3v) is 4.72. The summed E-state index contributed by atoms with van der Waals surface area (Å²) in [6, 6.07) is 11.7. The number of halogens is 3. The number of nitrogens with two attached hydrogens (primary N) is 1. The molecule has 0 saturated carbocycles. The number of hydrogen-bond donors (Lipinski definition) is 2. The molecule has 0 spiro atoms. The van der Waals surface area contributed by atoms with Crippen molar-refractivity contribution in [2.75, 3.05) is 11.9 Å². The monoisotopic (exact) mass is 390 g/mol. The smallest absolute Gasteiger partial charge is 0.142 e. The van der Waals surface area contributed by atoms with Crippen LogP contribution in [0.4, 0.5) is 10.2 Å². The zero-order chi connectivity index (χ0) is 18.7. The van der Waals surface area contributed by atoms with Crippen LogP contribution < -0.4 is 11.1 Å². The first kappa shape index (κ1) is 18.6. The number of aryl methyl sites for hydroxylation is 1. The van der Waals surface area contributed by atoms with E-state index >= 15 is 0 Å². The molecule has 0 radical (unpaired) electrons. The van der Waals surface area contributed by atoms with Crippen LogP contribution in [0, 0.1) is 12.7 Å². The lowest BCUT2D eigenvalue weighted by molar-refractivity contribution is 0.621. The first-order valence-corrected chi connectivity index (χ1v) is 8.72. The minimum Gasteiger partial charge on any atom is -0.368 e. The van der Waals surface area contributed by atoms with Crippen molar-refractivity contribution >= 4 is 29.0 Å². The van der Waals surface area contributed by atoms with Gasteiger partial charge in [0.25, 0.3) is 0 Å². The number of nitrogens with one attached hydrogen (secondary N) is 1. The molecule has 1 atom stereocenters. The Morgan fingerprint density at radius 2 is 1.88 bits per heavy atom. The SMILES string of the molecule is Cc1ccc(-c2cc(NC[C@H](N)c3ccc(Cl)c(F)c3)ncn2)cc1Cl. The van der Waals surface area contributed by atoms with Crippen molar-refractivity contribution < 1.29 is 4.39 Å². The van der Waals surface area contributed by atoms with Crippen LogP contribution in [-0.2, 0) is 0 Å². The molecule has 0 fully saturated rings. The van der Waals surface area contributed by atoms with Gasteiger partial charge in [-0.3, -0.25) is 0 Å². The summed E-state index contributed by atoms with van der Waals surface area (Å²) < 4.78 is 13.6. The largest absolute Gasteiger partial charge is 0.368 e. The molecule has 7 heteroatoms. The Labute approximate surface area is 161 Å². The summed E-state index contributed by atoms with van der Waals surface area (Å²) in [4.78, 5) is 8.48. The van der Waals surface area contributed by atoms with E-state index in [0.29, 0.717) is 22.9 Å². The van der Waals surface area contributed by atoms with Crippen LogP contribution in [-0.4, -0.2) is 16.5 Å². The second kappa shape index (κ2) is 7.99. The molecule has 26 heavy (non-hydrogen) atoms. The molecule has 0 bridgehead atoms. The molecule has 0 unspecified atom stereocenters. The molecular formula is C19H17Cl2FN4. The third kappa shape index (κ3) is 4.30. The van der Waals surface area contributed by atoms with Gasteiger partial charge >= 0.3 is 0 Å². The molecule has 0 aliphatic heterocycles. The predicted molar refractivity (Wildman–Crippen MR) is 104 cm³/mol. The highest BCUT2D eigenvalue weighted by atomic mass is 35.5. The molecule has 4 nitrogen and oxygen atoms in total. The fourth-order valence-electron chi connectivity index (χ4n) is 2.44. The van der Waals surface area contributed by atoms with E-state index in [1.807, 2.05) is 31.2 Å². The van der Waals surface area contributed by atoms with Crippen molar-refractivity contribution in [3.8, 4) is 11.3 Å². The number of aromatic nitrogens is 2. The quantitative estimate of drug-likeness (QED) is 0.642. The molecule has 0 aliphatic carbocycles. The van der Waals surface area contributed by atoms with Crippen LogP contribution in [0.5, 0.6) is 0 Å². The molecule has 3 aromatic rings. The maximum absolute atomic E-state index is 13.6. The van der Waals surface area contributed by atoms with Crippen molar-refractivity contribution in [3.05, 3.63) is 75.8 Å². The molecule has 3 rings (SSSR count). The topological polar surface area (TPSA) is 63.8 Å². The highest BCUT2D eigenvalue weighted by Gasteiger charge is 2.10. The van der Waals surface area contributed by atoms with E-state index in [1.54, 1.807) is 6.07 Å². The van der Waals surface area contributed by atoms with Gasteiger partial charge in [0.05, 0.1) is 10.7 Å². The number of nitrogens with zero attached hydrogens (tertiary/aromatic N) is 2. The zero-order valence-electron chi connectivity index (χ0n) is 14.0. The van der Waals surface area contributed by atoms with Crippen molar-refractivity contribution in [2.45, 2.75) is 13.0 Å². The van der Waals surface area contributed by atoms with Gasteiger partial charge in [0, 0.05) is 29.2 Å². The Morgan fingerprint density at radius 3 is 2.62 bits per heavy atom. The predicted octanol–water partition coefficient (Wildman–Crippen LogP) is 5.01. The maximum Gasteiger partial charge on any atom is 0.142 e. The molecule has 0 saturated heterocycles. The Balaban J connectivity index is 1.72. The third-order valence-electron chi connectivity index (χ3n) is 4.01. The zero-order valence-corrected chi connectivity index (χ0v) is 15.5. The summed E-state index contributed by atoms with van der Waals surface area (Å²) >= 11 is 11.9. The molecule has 1 heterocycles. The number of rotatable bonds is 5. The van der Waals surface area contributed by atoms with Gasteiger partial charge in [0.1, 0.15) is 18.0 Å². The van der Waals surface area contributed by atoms with Crippen LogP contribution in [0.1, 0.15) is 17.2 Å². The van der Waals surface area contributed by atoms with Crippen LogP contribution >= 0.6 is 23.2 Å². The van der Waals surface area contributed by atoms with E-state index in [2.05, 4.69) is 15.3 Å². The Bertz CT molecular complexity index is 933. The molecule has 3 N–H and O–H groups in total. The standard InChI is InChI=1S/C19H17Cl2FN4/c1-11-2-3-13(6-15(11)21)18-8-19(26-10-25-18)24-9-17(23)12-4-5-14(20)16(22)7-12/h2-8,10,17H,9,23H2,1H3,(H,24,25,26)/t17-/m0/s1. The fourth-order valence-corrected chi connectivity index (χ4v) is 2.74. The van der Waals surface area contributed by atoms with Gasteiger partial charge in [-0.05, 0) is 36.2 Å². The van der Waals surface area contributed by atoms with Gasteiger partial charge in [-0.25, -0.2) is 14.4 Å². The van der Waals surface area contributed by atoms with Crippen LogP contribution in [0.3, 0.4) is 0 Å². The number of anilines is 1. The molecule has 0 aliphatic rings. The number of hydrogen-bond acceptors (Lipinski definition) is 4. The minimum atomic E-state index is -0.486. The Kier molecular flexibility index (Phi) is 5.71. The summed E-state index contributed by atoms with van der Waals surface area (Å²) in [5.74, 6) is 0.136. The van der Waals surface area contributed by atoms with E-state index in [0.717, 1.165) is 16.8 Å². The van der Waals surface area contributed by atoms with Gasteiger partial charge in [0.2, 0.25) is 0 Å². The summed E-state index contributed by atoms with van der Waals surface area (Å²) in [6.45, 7) is 2.33. The summed E-state index contributed by atoms with van der Waals surface area (Å²) in [5, 5.41) is 3.91. The van der Waals surface area contributed by atoms with E-state index in [1.165, 1.54) is 18.5 Å². The van der Waals surface area contributed by atoms with Crippen molar-refractivity contribution in [2.24, 2.45) is 5.73 Å². The van der Waals surface area contributed by atoms with Gasteiger partial charge in [-0.2, -0.15) is 0 Å². The van der Waals surface area contributed by atoms with E-state index in [9.17, 15) is 4.39 Å². The first-order valence-electron chi connectivity index (χ1n) is 7.97. The average molecular weight is 391 g/mol. The average Bonchev–Trinajstić information content (AvgIpc) is 2.64. The van der Waals surface area contributed by atoms with E-state index < -0.39 is 11.9 Å². The molecular weight excluding hydrogens is 374 g/mol. The second-order valence-corrected chi connectivity index (χ2v) is 6.73. The molecule has 1 aromatic heterocycles. The van der Waals surface area contributed by atoms with Crippen molar-refractivity contribution in [3.63, 3.8) is 0 Å². The summed E-state index contributed by atoms with van der Waals surface area (Å²) in [5.41, 5.74) is 9.41. The molecule has 0 amide bonds. The first-order chi connectivity index (χ1) is 12.4. The highest BCUT2D eigenvalue weighted by molar-refractivity contribution is 6.31. The van der Waals surface area contributed by atoms with Crippen LogP contribution in [0.25, 0.3) is 11.3 Å². The van der Waals surface area contributed by atoms with E-state index in [4.69, 9.17) is 28.9 Å². The van der Waals surface area contributed by atoms with Crippen LogP contribution in [0.15, 0.2) is 48.8 Å². The highest BCUT2D eigenvalue weighted by Crippen LogP contribution is 2.25. The number of benzene rings is 2. The lowest BCUT2D eigenvalue weighted by Crippen LogP contribution is -2.21. The Hall–Kier alpha value is -2.21. The van der Waals surface area contributed by atoms with Gasteiger partial charge < -0.3 is 11.1 Å². The summed E-state index contributed by atoms with van der Waals surface area (Å²) in [6.07, 6.45) is 1.47. The maximum atomic E-state index is 13.6. The lowest BCUT2D eigenvalue weighted by atomic mass is 10.1. The van der Waals surface area contributed by atoms with Gasteiger partial charge in [-0.1, -0.05) is 41.4 Å². The Morgan fingerprint density at radius 1 is 1.08 bits per heavy atom. The van der Waals surface area contributed by atoms with Crippen molar-refractivity contribution in [1.82, 2.24) is 9.97 Å². The normalized spacial score (nSPS) is 12.0. The molecule has 2 aromatic carbocycles.